The monoisotopic (exact) mass is 332 g/mol. The largest absolute Gasteiger partial charge is 0.466 e. The summed E-state index contributed by atoms with van der Waals surface area (Å²) < 4.78 is 4.87. The average molecular weight is 332 g/mol. The molecule has 0 aromatic rings. The molecule has 24 heavy (non-hydrogen) atoms. The van der Waals surface area contributed by atoms with Gasteiger partial charge in [0, 0.05) is 6.92 Å². The number of carbonyl (C=O) groups excluding carboxylic acids is 1. The quantitative estimate of drug-likeness (QED) is 0.264. The fourth-order valence-corrected chi connectivity index (χ4v) is 1.84. The molecule has 0 aliphatic heterocycles. The predicted octanol–water partition coefficient (Wildman–Crippen LogP) is 2.75. The van der Waals surface area contributed by atoms with E-state index in [0.717, 1.165) is 44.9 Å². The van der Waals surface area contributed by atoms with Crippen LogP contribution in [0.15, 0.2) is 24.8 Å². The van der Waals surface area contributed by atoms with Crippen molar-refractivity contribution in [3.05, 3.63) is 24.8 Å². The van der Waals surface area contributed by atoms with Gasteiger partial charge in [-0.3, -0.25) is 4.79 Å². The molecule has 0 aromatic carbocycles. The van der Waals surface area contributed by atoms with E-state index in [1.807, 2.05) is 6.08 Å². The Morgan fingerprint density at radius 1 is 1.04 bits per heavy atom. The first kappa shape index (κ1) is 22.0. The van der Waals surface area contributed by atoms with E-state index in [1.165, 1.54) is 13.0 Å². The van der Waals surface area contributed by atoms with E-state index in [9.17, 15) is 9.90 Å². The molecule has 0 bridgehead atoms. The van der Waals surface area contributed by atoms with Crippen LogP contribution in [0.1, 0.15) is 51.9 Å². The summed E-state index contributed by atoms with van der Waals surface area (Å²) in [6.07, 6.45) is 10.6. The van der Waals surface area contributed by atoms with Gasteiger partial charge in [0.25, 0.3) is 0 Å². The van der Waals surface area contributed by atoms with Crippen molar-refractivity contribution in [2.45, 2.75) is 64.1 Å². The van der Waals surface area contributed by atoms with Gasteiger partial charge in [0.2, 0.25) is 0 Å². The number of carbonyl (C=O) groups is 1. The molecular formula is C20H28O4. The Kier molecular flexibility index (Phi) is 14.5. The number of esters is 1. The summed E-state index contributed by atoms with van der Waals surface area (Å²) in [5.41, 5.74) is 0. The minimum atomic E-state index is -0.881. The fraction of sp³-hybridized carbons (Fsp3) is 0.550. The highest BCUT2D eigenvalue weighted by Crippen LogP contribution is 2.08. The zero-order chi connectivity index (χ0) is 18.0. The number of aliphatic hydroxyl groups excluding tert-OH is 2. The summed E-state index contributed by atoms with van der Waals surface area (Å²) in [6.45, 7) is 5.34. The lowest BCUT2D eigenvalue weighted by molar-refractivity contribution is -0.141. The summed E-state index contributed by atoms with van der Waals surface area (Å²) in [5.74, 6) is 9.76. The van der Waals surface area contributed by atoms with Crippen molar-refractivity contribution >= 4 is 5.97 Å². The van der Waals surface area contributed by atoms with E-state index in [0.29, 0.717) is 6.61 Å². The van der Waals surface area contributed by atoms with Gasteiger partial charge in [-0.05, 0) is 37.2 Å². The molecule has 2 atom stereocenters. The average Bonchev–Trinajstić information content (AvgIpc) is 2.56. The zero-order valence-corrected chi connectivity index (χ0v) is 14.5. The Morgan fingerprint density at radius 2 is 1.62 bits per heavy atom. The second-order valence-electron chi connectivity index (χ2n) is 5.34. The maximum atomic E-state index is 10.6. The summed E-state index contributed by atoms with van der Waals surface area (Å²) in [6, 6.07) is 0. The molecule has 132 valence electrons. The van der Waals surface area contributed by atoms with Crippen LogP contribution in [0.2, 0.25) is 0 Å². The third kappa shape index (κ3) is 16.4. The molecule has 4 heteroatoms. The molecule has 0 unspecified atom stereocenters. The molecule has 0 aliphatic rings. The first-order chi connectivity index (χ1) is 11.6. The fourth-order valence-electron chi connectivity index (χ4n) is 1.84. The first-order valence-corrected chi connectivity index (χ1v) is 8.36. The minimum Gasteiger partial charge on any atom is -0.466 e. The van der Waals surface area contributed by atoms with Gasteiger partial charge in [0.15, 0.2) is 0 Å². The molecule has 0 aromatic heterocycles. The number of aliphatic hydroxyl groups is 2. The number of hydrogen-bond donors (Lipinski definition) is 2. The van der Waals surface area contributed by atoms with E-state index < -0.39 is 12.2 Å². The van der Waals surface area contributed by atoms with Crippen LogP contribution in [0, 0.1) is 23.7 Å². The molecule has 0 saturated heterocycles. The van der Waals surface area contributed by atoms with Gasteiger partial charge in [-0.25, -0.2) is 0 Å². The first-order valence-electron chi connectivity index (χ1n) is 8.36. The summed E-state index contributed by atoms with van der Waals surface area (Å²) in [4.78, 5) is 10.6. The molecular weight excluding hydrogens is 304 g/mol. The van der Waals surface area contributed by atoms with E-state index in [4.69, 9.17) is 9.84 Å². The Morgan fingerprint density at radius 3 is 2.25 bits per heavy atom. The molecule has 0 saturated carbocycles. The van der Waals surface area contributed by atoms with Crippen LogP contribution in [0.25, 0.3) is 0 Å². The Bertz CT molecular complexity index is 499. The SMILES string of the molecule is C=C[C@H](O)C#CC#C[C@H](O)/C=C/CCCCCCCCOC(C)=O. The van der Waals surface area contributed by atoms with E-state index >= 15 is 0 Å². The number of rotatable bonds is 11. The van der Waals surface area contributed by atoms with Gasteiger partial charge in [0.05, 0.1) is 6.61 Å². The summed E-state index contributed by atoms with van der Waals surface area (Å²) in [5, 5.41) is 18.7. The highest BCUT2D eigenvalue weighted by molar-refractivity contribution is 5.65. The minimum absolute atomic E-state index is 0.213. The Hall–Kier alpha value is -2.01. The smallest absolute Gasteiger partial charge is 0.302 e. The number of hydrogen-bond acceptors (Lipinski definition) is 4. The topological polar surface area (TPSA) is 66.8 Å². The number of allylic oxidation sites excluding steroid dienone is 1. The standard InChI is InChI=1S/C20H28O4/c1-3-19(22)14-11-12-16-20(23)15-10-8-6-4-5-7-9-13-17-24-18(2)21/h3,10,15,19-20,22-23H,1,4-9,13,17H2,2H3/b15-10+/t19-,20+/m0/s1. The molecule has 0 heterocycles. The van der Waals surface area contributed by atoms with Crippen molar-refractivity contribution in [1.29, 1.82) is 0 Å². The highest BCUT2D eigenvalue weighted by Gasteiger charge is 1.94. The van der Waals surface area contributed by atoms with Crippen molar-refractivity contribution in [1.82, 2.24) is 0 Å². The van der Waals surface area contributed by atoms with E-state index in [2.05, 4.69) is 30.3 Å². The molecule has 2 N–H and O–H groups in total. The van der Waals surface area contributed by atoms with Crippen molar-refractivity contribution < 1.29 is 19.7 Å². The highest BCUT2D eigenvalue weighted by atomic mass is 16.5. The van der Waals surface area contributed by atoms with Gasteiger partial charge in [0.1, 0.15) is 12.2 Å². The molecule has 0 aliphatic carbocycles. The molecule has 0 rings (SSSR count). The predicted molar refractivity (Wildman–Crippen MR) is 95.9 cm³/mol. The van der Waals surface area contributed by atoms with Crippen LogP contribution in [-0.4, -0.2) is 35.0 Å². The van der Waals surface area contributed by atoms with Crippen LogP contribution in [-0.2, 0) is 9.53 Å². The van der Waals surface area contributed by atoms with Gasteiger partial charge in [-0.2, -0.15) is 0 Å². The number of unbranched alkanes of at least 4 members (excludes halogenated alkanes) is 6. The van der Waals surface area contributed by atoms with Gasteiger partial charge >= 0.3 is 5.97 Å². The van der Waals surface area contributed by atoms with Crippen molar-refractivity contribution in [2.75, 3.05) is 6.61 Å². The van der Waals surface area contributed by atoms with E-state index in [-0.39, 0.29) is 5.97 Å². The second kappa shape index (κ2) is 15.9. The van der Waals surface area contributed by atoms with Gasteiger partial charge in [-0.15, -0.1) is 0 Å². The third-order valence-corrected chi connectivity index (χ3v) is 3.11. The van der Waals surface area contributed by atoms with Crippen LogP contribution in [0.3, 0.4) is 0 Å². The Labute approximate surface area is 145 Å². The molecule has 0 amide bonds. The lowest BCUT2D eigenvalue weighted by atomic mass is 10.1. The maximum absolute atomic E-state index is 10.6. The van der Waals surface area contributed by atoms with Crippen LogP contribution < -0.4 is 0 Å². The Balaban J connectivity index is 3.57. The molecule has 0 fully saturated rings. The van der Waals surface area contributed by atoms with Crippen molar-refractivity contribution in [3.63, 3.8) is 0 Å². The molecule has 4 nitrogen and oxygen atoms in total. The zero-order valence-electron chi connectivity index (χ0n) is 14.5. The van der Waals surface area contributed by atoms with Crippen molar-refractivity contribution in [2.24, 2.45) is 0 Å². The number of ether oxygens (including phenoxy) is 1. The van der Waals surface area contributed by atoms with Crippen LogP contribution >= 0.6 is 0 Å². The van der Waals surface area contributed by atoms with Crippen molar-refractivity contribution in [3.8, 4) is 23.7 Å². The lowest BCUT2D eigenvalue weighted by Gasteiger charge is -2.02. The lowest BCUT2D eigenvalue weighted by Crippen LogP contribution is -2.00. The maximum Gasteiger partial charge on any atom is 0.302 e. The molecule has 0 spiro atoms. The van der Waals surface area contributed by atoms with E-state index in [1.54, 1.807) is 6.08 Å². The molecule has 0 radical (unpaired) electrons. The second-order valence-corrected chi connectivity index (χ2v) is 5.34. The van der Waals surface area contributed by atoms with Crippen LogP contribution in [0.4, 0.5) is 0 Å². The van der Waals surface area contributed by atoms with Gasteiger partial charge in [-0.1, -0.05) is 56.3 Å². The summed E-state index contributed by atoms with van der Waals surface area (Å²) >= 11 is 0. The third-order valence-electron chi connectivity index (χ3n) is 3.11. The normalized spacial score (nSPS) is 12.5. The van der Waals surface area contributed by atoms with Gasteiger partial charge < -0.3 is 14.9 Å². The summed E-state index contributed by atoms with van der Waals surface area (Å²) in [7, 11) is 0. The van der Waals surface area contributed by atoms with Crippen LogP contribution in [0.5, 0.6) is 0 Å².